The summed E-state index contributed by atoms with van der Waals surface area (Å²) in [7, 11) is -5.89. The van der Waals surface area contributed by atoms with E-state index in [0.717, 1.165) is 39.2 Å². The number of unbranched alkanes of at least 4 members (excludes halogenated alkanes) is 1. The Balaban J connectivity index is 1.50. The van der Waals surface area contributed by atoms with E-state index >= 15 is 0 Å². The number of allylic oxidation sites excluding steroid dienone is 4. The lowest BCUT2D eigenvalue weighted by Crippen LogP contribution is -2.72. The molecule has 39 heteroatoms. The van der Waals surface area contributed by atoms with E-state index in [-0.39, 0.29) is 0 Å². The van der Waals surface area contributed by atoms with Crippen molar-refractivity contribution >= 4 is 43.5 Å². The summed E-state index contributed by atoms with van der Waals surface area (Å²) in [4.78, 5) is 87.6. The zero-order valence-electron chi connectivity index (χ0n) is 53.0. The molecular weight excluding hydrogens is 1300 g/mol. The lowest BCUT2D eigenvalue weighted by molar-refractivity contribution is -0.375. The maximum atomic E-state index is 14.0. The number of hydrogen-bond acceptors (Lipinski definition) is 31. The number of ether oxygens (including phenoxy) is 11. The molecule has 5 amide bonds. The number of hydrogen-bond donors (Lipinski definition) is 18. The molecule has 29 atom stereocenters. The smallest absolute Gasteiger partial charge is 0.474 e. The third-order valence-corrected chi connectivity index (χ3v) is 17.6. The minimum Gasteiger partial charge on any atom is -0.479 e. The van der Waals surface area contributed by atoms with Crippen LogP contribution < -0.4 is 27.8 Å². The Hall–Kier alpha value is -4.89. The van der Waals surface area contributed by atoms with Crippen molar-refractivity contribution in [1.82, 2.24) is 10.6 Å². The Labute approximate surface area is 544 Å². The van der Waals surface area contributed by atoms with E-state index in [0.29, 0.717) is 19.3 Å². The summed E-state index contributed by atoms with van der Waals surface area (Å²) in [6.45, 7) is 9.22. The van der Waals surface area contributed by atoms with E-state index in [2.05, 4.69) is 23.3 Å². The van der Waals surface area contributed by atoms with Gasteiger partial charge in [0.2, 0.25) is 23.6 Å². The van der Waals surface area contributed by atoms with Gasteiger partial charge in [-0.1, -0.05) is 36.8 Å². The topological polar surface area (TPSA) is 605 Å². The number of primary amides is 3. The Bertz CT molecular complexity index is 2700. The molecule has 5 aliphatic heterocycles. The van der Waals surface area contributed by atoms with Crippen LogP contribution in [-0.2, 0) is 89.7 Å². The van der Waals surface area contributed by atoms with Gasteiger partial charge in [0.25, 0.3) is 0 Å². The second-order valence-corrected chi connectivity index (χ2v) is 25.4. The molecule has 0 aromatic heterocycles. The van der Waals surface area contributed by atoms with Crippen molar-refractivity contribution < 1.29 is 161 Å². The first-order chi connectivity index (χ1) is 44.3. The molecular formula is C56H92N5O33P. The number of nitrogens with one attached hydrogen (secondary N) is 2. The fraction of sp³-hybridized carbons (Fsp3) is 0.786. The molecule has 5 heterocycles. The lowest BCUT2D eigenvalue weighted by Gasteiger charge is -2.52. The van der Waals surface area contributed by atoms with Crippen LogP contribution in [0.2, 0.25) is 0 Å². The molecule has 5 saturated heterocycles. The molecule has 38 nitrogen and oxygen atoms in total. The second-order valence-electron chi connectivity index (χ2n) is 24.0. The van der Waals surface area contributed by atoms with Gasteiger partial charge in [-0.05, 0) is 59.8 Å². The lowest BCUT2D eigenvalue weighted by atomic mass is 9.79. The monoisotopic (exact) mass is 1390 g/mol. The first-order valence-electron chi connectivity index (χ1n) is 30.1. The van der Waals surface area contributed by atoms with Crippen LogP contribution in [0, 0.1) is 5.41 Å². The average Bonchev–Trinajstić information content (AvgIpc) is 0.753. The molecule has 0 aromatic carbocycles. The molecule has 3 unspecified atom stereocenters. The van der Waals surface area contributed by atoms with Crippen molar-refractivity contribution in [3.05, 3.63) is 36.5 Å². The summed E-state index contributed by atoms with van der Waals surface area (Å²) in [5.74, 6) is -6.56. The third kappa shape index (κ3) is 20.8. The Morgan fingerprint density at radius 1 is 0.726 bits per heavy atom. The first kappa shape index (κ1) is 80.8. The maximum absolute atomic E-state index is 14.0. The summed E-state index contributed by atoms with van der Waals surface area (Å²) < 4.78 is 88.0. The molecule has 21 N–H and O–H groups in total. The van der Waals surface area contributed by atoms with Crippen LogP contribution in [-0.4, -0.2) is 293 Å². The number of nitrogens with two attached hydrogens (primary N) is 3. The van der Waals surface area contributed by atoms with Gasteiger partial charge < -0.3 is 146 Å². The van der Waals surface area contributed by atoms with Crippen LogP contribution in [0.25, 0.3) is 0 Å². The number of aliphatic hydroxyl groups excluding tert-OH is 10. The van der Waals surface area contributed by atoms with Crippen LogP contribution in [0.5, 0.6) is 0 Å². The molecule has 95 heavy (non-hydrogen) atoms. The predicted octanol–water partition coefficient (Wildman–Crippen LogP) is -6.49. The number of carboxylic acid groups (broad SMARTS) is 1. The van der Waals surface area contributed by atoms with E-state index in [9.17, 15) is 99.5 Å². The van der Waals surface area contributed by atoms with E-state index in [4.69, 9.17) is 78.4 Å². The molecule has 0 bridgehead atoms. The molecule has 0 aliphatic carbocycles. The number of phosphoric acid groups is 1. The Morgan fingerprint density at radius 3 is 1.85 bits per heavy atom. The Kier molecular flexibility index (Phi) is 30.0. The fourth-order valence-corrected chi connectivity index (χ4v) is 11.9. The van der Waals surface area contributed by atoms with E-state index in [1.165, 1.54) is 13.0 Å². The molecule has 0 saturated carbocycles. The van der Waals surface area contributed by atoms with Gasteiger partial charge in [-0.15, -0.1) is 6.58 Å². The van der Waals surface area contributed by atoms with Crippen molar-refractivity contribution in [2.24, 2.45) is 22.6 Å². The average molecular weight is 1390 g/mol. The zero-order valence-corrected chi connectivity index (χ0v) is 53.9. The molecule has 0 spiro atoms. The van der Waals surface area contributed by atoms with Gasteiger partial charge in [0.1, 0.15) is 90.9 Å². The van der Waals surface area contributed by atoms with Crippen molar-refractivity contribution in [2.75, 3.05) is 26.4 Å². The van der Waals surface area contributed by atoms with Crippen LogP contribution in [0.4, 0.5) is 4.79 Å². The zero-order chi connectivity index (χ0) is 71.4. The molecule has 5 rings (SSSR count). The van der Waals surface area contributed by atoms with Crippen molar-refractivity contribution in [1.29, 1.82) is 0 Å². The number of carboxylic acids is 1. The summed E-state index contributed by atoms with van der Waals surface area (Å²) in [6.07, 6.45) is -40.6. The molecule has 0 aromatic rings. The SMILES string of the molecule is C=CC(C)(CCC/C=C(\C)CC/C=C/C)C(O)CO[C@H](COP(=O)(O)O[C@H]1O[C@H](C(N)=O)[C@@](C)(O)[C@H](OC(N)=O)[C@H]1O[C@@H]1O[C@H](CO[C@@H]2O[C@H](CO)[C@@H](O)[C@H](O)[C@H]2O)[C@@H](O[C@@H]2O[C@H](C)[C@@H](O[C@@H]3O[C@H](C(N)=O)[C@H](O)[C@H](O)[C@H]3O)[C@H](O)[C@H]2NC(C)=O)[C@H](O)[C@H]1NC(C)=O)C(=O)O. The van der Waals surface area contributed by atoms with Crippen molar-refractivity contribution in [2.45, 2.75) is 246 Å². The summed E-state index contributed by atoms with van der Waals surface area (Å²) in [5.41, 5.74) is 13.5. The van der Waals surface area contributed by atoms with Gasteiger partial charge in [0, 0.05) is 19.3 Å². The van der Waals surface area contributed by atoms with Crippen molar-refractivity contribution in [3.8, 4) is 0 Å². The highest BCUT2D eigenvalue weighted by molar-refractivity contribution is 7.47. The van der Waals surface area contributed by atoms with Crippen LogP contribution in [0.3, 0.4) is 0 Å². The summed E-state index contributed by atoms with van der Waals surface area (Å²) >= 11 is 0. The van der Waals surface area contributed by atoms with Crippen LogP contribution >= 0.6 is 7.82 Å². The van der Waals surface area contributed by atoms with Gasteiger partial charge in [-0.3, -0.25) is 28.2 Å². The van der Waals surface area contributed by atoms with Crippen LogP contribution in [0.1, 0.15) is 80.6 Å². The number of rotatable bonds is 33. The maximum Gasteiger partial charge on any atom is 0.474 e. The van der Waals surface area contributed by atoms with Gasteiger partial charge in [-0.25, -0.2) is 14.2 Å². The minimum atomic E-state index is -5.89. The number of aliphatic carboxylic acids is 1. The normalized spacial score (nSPS) is 39.0. The van der Waals surface area contributed by atoms with E-state index in [1.54, 1.807) is 6.92 Å². The highest BCUT2D eigenvalue weighted by Gasteiger charge is 2.62. The fourth-order valence-electron chi connectivity index (χ4n) is 11.1. The standard InChI is InChI=1S/C56H92N5O33P/c1-9-11-12-15-22(3)16-13-14-17-55(7,10-2)29(65)21-82-28(48(76)77)20-84-95(80,81)94-53-43(44(93-54(59)78)56(8,79)45(92-53)47(58)75)91-50-31(61-25(6)64)34(68)41(27(87-50)19-83-51-38(72)35(69)32(66)26(18-62)86-51)89-49-30(60-24(5)63)33(67)40(23(4)85-49)88-52-39(73)36(70)37(71)42(90-52)46(57)74/h9-11,16,23,26-45,49-53,62,65-73,79H,2,12-15,17-21H2,1,3-8H3,(H2,57,74)(H2,58,75)(H2,59,78)(H,60,63)(H,61,64)(H,76,77)(H,80,81)/b11-9+,22-16+/t23-,26-,27-,28-,29?,30-,31-,32-,33-,34-,35+,36+,37-,38-,39-,40-,41-,42+,43-,44-,45-,49+,50+,51-,52-,53-,55?,56+/m1/s1. The molecule has 0 radical (unpaired) electrons. The van der Waals surface area contributed by atoms with E-state index in [1.807, 2.05) is 26.0 Å². The van der Waals surface area contributed by atoms with Gasteiger partial charge in [0.05, 0.1) is 38.6 Å². The number of aliphatic hydroxyl groups is 11. The van der Waals surface area contributed by atoms with Gasteiger partial charge >= 0.3 is 19.9 Å². The molecule has 5 fully saturated rings. The third-order valence-electron chi connectivity index (χ3n) is 16.6. The second kappa shape index (κ2) is 35.2. The number of amides is 5. The van der Waals surface area contributed by atoms with Crippen LogP contribution in [0.15, 0.2) is 36.5 Å². The highest BCUT2D eigenvalue weighted by atomic mass is 31.2. The quantitative estimate of drug-likeness (QED) is 0.0165. The largest absolute Gasteiger partial charge is 0.479 e. The highest BCUT2D eigenvalue weighted by Crippen LogP contribution is 2.49. The first-order valence-corrected chi connectivity index (χ1v) is 31.6. The summed E-state index contributed by atoms with van der Waals surface area (Å²) in [5, 5.41) is 136. The molecule has 5 aliphatic rings. The summed E-state index contributed by atoms with van der Waals surface area (Å²) in [6, 6.07) is -3.93. The number of carbonyl (C=O) groups is 6. The number of phosphoric ester groups is 1. The van der Waals surface area contributed by atoms with Crippen molar-refractivity contribution in [3.63, 3.8) is 0 Å². The predicted molar refractivity (Wildman–Crippen MR) is 314 cm³/mol. The van der Waals surface area contributed by atoms with Gasteiger partial charge in [0.15, 0.2) is 62.0 Å². The molecule has 544 valence electrons. The number of carbonyl (C=O) groups excluding carboxylic acids is 5. The van der Waals surface area contributed by atoms with E-state index < -0.39 is 240 Å². The minimum absolute atomic E-state index is 0.368. The Morgan fingerprint density at radius 2 is 1.29 bits per heavy atom. The van der Waals surface area contributed by atoms with Gasteiger partial charge in [-0.2, -0.15) is 0 Å².